The number of hydrogen-bond donors (Lipinski definition) is 0. The molecule has 0 radical (unpaired) electrons. The molecule has 4 atom stereocenters. The molecule has 0 saturated carbocycles. The maximum Gasteiger partial charge on any atom is 0.135 e. The summed E-state index contributed by atoms with van der Waals surface area (Å²) in [7, 11) is 0. The molecule has 4 nitrogen and oxygen atoms in total. The number of anilines is 2. The van der Waals surface area contributed by atoms with Crippen LogP contribution < -0.4 is 4.90 Å². The Morgan fingerprint density at radius 3 is 2.49 bits per heavy atom. The van der Waals surface area contributed by atoms with Crippen LogP contribution in [0.2, 0.25) is 0 Å². The first-order valence-corrected chi connectivity index (χ1v) is 20.8. The van der Waals surface area contributed by atoms with E-state index in [0.29, 0.717) is 5.92 Å². The third-order valence-electron chi connectivity index (χ3n) is 13.3. The minimum Gasteiger partial charge on any atom is -0.456 e. The fourth-order valence-electron chi connectivity index (χ4n) is 10.6. The van der Waals surface area contributed by atoms with Crippen LogP contribution in [0.25, 0.3) is 44.0 Å². The first-order valence-electron chi connectivity index (χ1n) is 20.8. The summed E-state index contributed by atoms with van der Waals surface area (Å²) < 4.78 is 8.94. The molecule has 7 aromatic rings. The van der Waals surface area contributed by atoms with Crippen LogP contribution in [0.15, 0.2) is 173 Å². The first-order chi connectivity index (χ1) is 28.2. The minimum atomic E-state index is 0.198. The Bertz CT molecular complexity index is 2950. The van der Waals surface area contributed by atoms with Crippen molar-refractivity contribution in [1.29, 1.82) is 0 Å². The lowest BCUT2D eigenvalue weighted by Crippen LogP contribution is -2.28. The van der Waals surface area contributed by atoms with Gasteiger partial charge in [0.25, 0.3) is 0 Å². The molecule has 57 heavy (non-hydrogen) atoms. The standard InChI is InChI=1S/C53H43N3O/c1-2-10-34(11-3-1)38-28-39(35-24-26-54-27-25-35)30-41(29-38)56-49-16-8-5-13-43(49)46-32-37(19-22-51(46)56)36-18-21-50-45(31-36)42-12-4-7-15-48(42)55(50)40-20-23-53-47(33-40)44-14-6-9-17-52(44)57-53/h1-4,6-7,9-12,14-15,17-24,26-28,30-33,35,41,45,50H,5,8,13,16,25,29H2. The van der Waals surface area contributed by atoms with Crippen molar-refractivity contribution in [3.8, 4) is 0 Å². The second-order valence-electron chi connectivity index (χ2n) is 16.4. The maximum absolute atomic E-state index is 6.21. The van der Waals surface area contributed by atoms with E-state index in [0.717, 1.165) is 47.6 Å². The Morgan fingerprint density at radius 2 is 1.56 bits per heavy atom. The van der Waals surface area contributed by atoms with E-state index in [1.165, 1.54) is 68.5 Å². The average molecular weight is 738 g/mol. The molecule has 2 aliphatic heterocycles. The molecule has 12 rings (SSSR count). The maximum atomic E-state index is 6.21. The zero-order valence-electron chi connectivity index (χ0n) is 31.9. The molecule has 2 aromatic heterocycles. The largest absolute Gasteiger partial charge is 0.456 e. The van der Waals surface area contributed by atoms with Crippen LogP contribution >= 0.6 is 0 Å². The number of rotatable bonds is 5. The van der Waals surface area contributed by atoms with Crippen LogP contribution in [0, 0.1) is 5.92 Å². The SMILES string of the molecule is C1=CC(C2=CC(n3c4c(c5cc(C6=CC7c8ccccc8N(c8ccc9oc%10ccccc%10c9c8)C7C=C6)ccc53)CCCC4)CC(c3ccccc3)=C2)CC=N1. The molecule has 3 aliphatic carbocycles. The number of nitrogens with zero attached hydrogens (tertiary/aromatic N) is 3. The molecule has 5 aromatic carbocycles. The van der Waals surface area contributed by atoms with Crippen molar-refractivity contribution in [2.75, 3.05) is 4.90 Å². The van der Waals surface area contributed by atoms with Gasteiger partial charge in [0.05, 0.1) is 12.1 Å². The summed E-state index contributed by atoms with van der Waals surface area (Å²) in [4.78, 5) is 6.94. The average Bonchev–Trinajstić information content (AvgIpc) is 3.94. The Kier molecular flexibility index (Phi) is 7.54. The summed E-state index contributed by atoms with van der Waals surface area (Å²) in [5, 5.41) is 3.76. The molecule has 0 spiro atoms. The van der Waals surface area contributed by atoms with Crippen molar-refractivity contribution >= 4 is 61.6 Å². The van der Waals surface area contributed by atoms with E-state index in [1.807, 2.05) is 12.3 Å². The Labute approximate surface area is 333 Å². The quantitative estimate of drug-likeness (QED) is 0.176. The van der Waals surface area contributed by atoms with Crippen LogP contribution in [-0.4, -0.2) is 16.8 Å². The number of benzene rings is 5. The second kappa shape index (κ2) is 13.1. The van der Waals surface area contributed by atoms with Crippen LogP contribution in [0.1, 0.15) is 65.6 Å². The molecule has 0 saturated heterocycles. The highest BCUT2D eigenvalue weighted by molar-refractivity contribution is 6.06. The summed E-state index contributed by atoms with van der Waals surface area (Å²) in [6.45, 7) is 0. The molecule has 4 heterocycles. The van der Waals surface area contributed by atoms with Gasteiger partial charge in [0, 0.05) is 63.0 Å². The van der Waals surface area contributed by atoms with E-state index in [1.54, 1.807) is 11.3 Å². The highest BCUT2D eigenvalue weighted by Crippen LogP contribution is 2.50. The third-order valence-corrected chi connectivity index (χ3v) is 13.3. The van der Waals surface area contributed by atoms with E-state index < -0.39 is 0 Å². The van der Waals surface area contributed by atoms with Crippen LogP contribution in [-0.2, 0) is 12.8 Å². The lowest BCUT2D eigenvalue weighted by Gasteiger charge is -2.30. The van der Waals surface area contributed by atoms with Gasteiger partial charge in [-0.3, -0.25) is 4.99 Å². The summed E-state index contributed by atoms with van der Waals surface area (Å²) in [6.07, 6.45) is 25.4. The van der Waals surface area contributed by atoms with E-state index in [9.17, 15) is 0 Å². The second-order valence-corrected chi connectivity index (χ2v) is 16.4. The first kappa shape index (κ1) is 32.8. The number of hydrogen-bond acceptors (Lipinski definition) is 3. The van der Waals surface area contributed by atoms with E-state index >= 15 is 0 Å². The van der Waals surface area contributed by atoms with Gasteiger partial charge in [0.2, 0.25) is 0 Å². The zero-order chi connectivity index (χ0) is 37.5. The summed E-state index contributed by atoms with van der Waals surface area (Å²) >= 11 is 0. The van der Waals surface area contributed by atoms with Gasteiger partial charge in [-0.15, -0.1) is 0 Å². The highest BCUT2D eigenvalue weighted by Gasteiger charge is 2.38. The molecule has 4 heteroatoms. The Balaban J connectivity index is 0.929. The molecule has 5 aliphatic rings. The molecule has 4 unspecified atom stereocenters. The van der Waals surface area contributed by atoms with Crippen LogP contribution in [0.5, 0.6) is 0 Å². The van der Waals surface area contributed by atoms with Crippen molar-refractivity contribution in [2.24, 2.45) is 10.9 Å². The normalized spacial score (nSPS) is 22.4. The van der Waals surface area contributed by atoms with Crippen molar-refractivity contribution < 1.29 is 4.42 Å². The van der Waals surface area contributed by atoms with Crippen molar-refractivity contribution in [3.05, 3.63) is 191 Å². The predicted octanol–water partition coefficient (Wildman–Crippen LogP) is 13.2. The van der Waals surface area contributed by atoms with E-state index in [-0.39, 0.29) is 18.0 Å². The minimum absolute atomic E-state index is 0.198. The molecule has 0 N–H and O–H groups in total. The number of fused-ring (bicyclic) bond motifs is 9. The van der Waals surface area contributed by atoms with Gasteiger partial charge in [-0.1, -0.05) is 109 Å². The topological polar surface area (TPSA) is 33.7 Å². The van der Waals surface area contributed by atoms with Crippen molar-refractivity contribution in [1.82, 2.24) is 4.57 Å². The molecular weight excluding hydrogens is 695 g/mol. The molecule has 0 bridgehead atoms. The zero-order valence-corrected chi connectivity index (χ0v) is 31.9. The number of allylic oxidation sites excluding steroid dienone is 7. The Morgan fingerprint density at radius 1 is 0.702 bits per heavy atom. The van der Waals surface area contributed by atoms with Gasteiger partial charge in [0.1, 0.15) is 11.2 Å². The summed E-state index contributed by atoms with van der Waals surface area (Å²) in [6, 6.07) is 42.8. The van der Waals surface area contributed by atoms with Crippen molar-refractivity contribution in [3.63, 3.8) is 0 Å². The molecular formula is C53H43N3O. The highest BCUT2D eigenvalue weighted by atomic mass is 16.3. The number of aliphatic imine (C=N–C) groups is 1. The summed E-state index contributed by atoms with van der Waals surface area (Å²) in [5.74, 6) is 0.604. The van der Waals surface area contributed by atoms with Gasteiger partial charge >= 0.3 is 0 Å². The monoisotopic (exact) mass is 737 g/mol. The van der Waals surface area contributed by atoms with Crippen molar-refractivity contribution in [2.45, 2.75) is 56.5 Å². The van der Waals surface area contributed by atoms with Gasteiger partial charge in [0.15, 0.2) is 0 Å². The fraction of sp³-hybridized carbons (Fsp3) is 0.189. The number of aryl methyl sites for hydroxylation is 1. The van der Waals surface area contributed by atoms with E-state index in [4.69, 9.17) is 4.42 Å². The van der Waals surface area contributed by atoms with Gasteiger partial charge in [-0.25, -0.2) is 0 Å². The number of aromatic nitrogens is 1. The summed E-state index contributed by atoms with van der Waals surface area (Å²) in [5.41, 5.74) is 17.0. The smallest absolute Gasteiger partial charge is 0.135 e. The van der Waals surface area contributed by atoms with Crippen LogP contribution in [0.3, 0.4) is 0 Å². The van der Waals surface area contributed by atoms with Gasteiger partial charge in [-0.05, 0) is 120 Å². The lowest BCUT2D eigenvalue weighted by molar-refractivity contribution is 0.564. The predicted molar refractivity (Wildman–Crippen MR) is 236 cm³/mol. The molecule has 276 valence electrons. The third kappa shape index (κ3) is 5.30. The Hall–Kier alpha value is -6.39. The molecule has 0 fully saturated rings. The fourth-order valence-corrected chi connectivity index (χ4v) is 10.6. The number of para-hydroxylation sites is 2. The lowest BCUT2D eigenvalue weighted by atomic mass is 9.83. The molecule has 0 amide bonds. The van der Waals surface area contributed by atoms with Gasteiger partial charge in [-0.2, -0.15) is 0 Å². The number of furan rings is 1. The van der Waals surface area contributed by atoms with E-state index in [2.05, 4.69) is 166 Å². The van der Waals surface area contributed by atoms with Crippen LogP contribution in [0.4, 0.5) is 11.4 Å². The van der Waals surface area contributed by atoms with Gasteiger partial charge < -0.3 is 13.9 Å².